The summed E-state index contributed by atoms with van der Waals surface area (Å²) in [5.74, 6) is 0.0871. The Labute approximate surface area is 221 Å². The highest BCUT2D eigenvalue weighted by Crippen LogP contribution is 2.23. The van der Waals surface area contributed by atoms with Crippen molar-refractivity contribution >= 4 is 38.2 Å². The molecule has 0 bridgehead atoms. The van der Waals surface area contributed by atoms with Crippen LogP contribution in [0.2, 0.25) is 0 Å². The summed E-state index contributed by atoms with van der Waals surface area (Å²) >= 11 is 0. The maximum Gasteiger partial charge on any atom is 0.242 e. The topological polar surface area (TPSA) is 113 Å². The summed E-state index contributed by atoms with van der Waals surface area (Å²) < 4.78 is 39.7. The predicted octanol–water partition coefficient (Wildman–Crippen LogP) is 3.54. The molecule has 0 radical (unpaired) electrons. The molecule has 1 amide bonds. The van der Waals surface area contributed by atoms with Crippen molar-refractivity contribution in [3.63, 3.8) is 0 Å². The van der Waals surface area contributed by atoms with Gasteiger partial charge in [0.15, 0.2) is 0 Å². The standard InChI is InChI=1S/C28H30N4O5S/c1-36-23-10-12-24(13-11-23)38(34,35)31-27(18-20-19-29-26-5-3-2-4-25(20)26)28(33)30-21-6-8-22(9-7-21)32-14-16-37-17-15-32/h2-13,19,27,29,31H,14-18H2,1H3,(H,30,33)/t27-/m0/s1. The number of nitrogens with zero attached hydrogens (tertiary/aromatic N) is 1. The molecule has 1 aromatic heterocycles. The molecule has 0 unspecified atom stereocenters. The summed E-state index contributed by atoms with van der Waals surface area (Å²) in [7, 11) is -2.48. The molecule has 1 aliphatic heterocycles. The Kier molecular flexibility index (Phi) is 7.64. The summed E-state index contributed by atoms with van der Waals surface area (Å²) in [6, 6.07) is 20.2. The van der Waals surface area contributed by atoms with Gasteiger partial charge in [0, 0.05) is 41.6 Å². The van der Waals surface area contributed by atoms with Gasteiger partial charge in [-0.3, -0.25) is 4.79 Å². The minimum Gasteiger partial charge on any atom is -0.497 e. The number of anilines is 2. The summed E-state index contributed by atoms with van der Waals surface area (Å²) in [5, 5.41) is 3.82. The molecule has 1 saturated heterocycles. The average Bonchev–Trinajstić information content (AvgIpc) is 3.36. The van der Waals surface area contributed by atoms with E-state index in [-0.39, 0.29) is 11.3 Å². The van der Waals surface area contributed by atoms with Gasteiger partial charge in [-0.25, -0.2) is 8.42 Å². The zero-order valence-electron chi connectivity index (χ0n) is 21.0. The lowest BCUT2D eigenvalue weighted by Gasteiger charge is -2.29. The van der Waals surface area contributed by atoms with E-state index >= 15 is 0 Å². The number of sulfonamides is 1. The Morgan fingerprint density at radius 3 is 2.45 bits per heavy atom. The lowest BCUT2D eigenvalue weighted by molar-refractivity contribution is -0.117. The van der Waals surface area contributed by atoms with Crippen molar-refractivity contribution in [1.29, 1.82) is 0 Å². The van der Waals surface area contributed by atoms with Gasteiger partial charge < -0.3 is 24.7 Å². The number of aromatic nitrogens is 1. The van der Waals surface area contributed by atoms with Gasteiger partial charge in [0.1, 0.15) is 11.8 Å². The van der Waals surface area contributed by atoms with Crippen LogP contribution < -0.4 is 19.7 Å². The Morgan fingerprint density at radius 1 is 1.03 bits per heavy atom. The van der Waals surface area contributed by atoms with Crippen molar-refractivity contribution < 1.29 is 22.7 Å². The third-order valence-corrected chi connectivity index (χ3v) is 8.08. The van der Waals surface area contributed by atoms with Gasteiger partial charge in [-0.05, 0) is 66.6 Å². The molecule has 2 heterocycles. The number of fused-ring (bicyclic) bond motifs is 1. The minimum atomic E-state index is -3.99. The first kappa shape index (κ1) is 25.8. The van der Waals surface area contributed by atoms with Crippen LogP contribution in [-0.2, 0) is 26.0 Å². The molecular formula is C28H30N4O5S. The van der Waals surface area contributed by atoms with E-state index in [1.165, 1.54) is 19.2 Å². The number of benzene rings is 3. The summed E-state index contributed by atoms with van der Waals surface area (Å²) in [4.78, 5) is 18.9. The smallest absolute Gasteiger partial charge is 0.242 e. The molecule has 9 nitrogen and oxygen atoms in total. The molecule has 5 rings (SSSR count). The van der Waals surface area contributed by atoms with E-state index in [4.69, 9.17) is 9.47 Å². The van der Waals surface area contributed by atoms with Gasteiger partial charge in [-0.2, -0.15) is 4.72 Å². The Balaban J connectivity index is 1.38. The lowest BCUT2D eigenvalue weighted by atomic mass is 10.0. The number of carbonyl (C=O) groups excluding carboxylic acids is 1. The molecule has 3 N–H and O–H groups in total. The predicted molar refractivity (Wildman–Crippen MR) is 147 cm³/mol. The van der Waals surface area contributed by atoms with Crippen molar-refractivity contribution in [2.45, 2.75) is 17.4 Å². The number of amides is 1. The number of H-pyrrole nitrogens is 1. The number of hydrogen-bond donors (Lipinski definition) is 3. The number of carbonyl (C=O) groups is 1. The zero-order valence-corrected chi connectivity index (χ0v) is 21.8. The summed E-state index contributed by atoms with van der Waals surface area (Å²) in [6.07, 6.45) is 1.97. The first-order valence-electron chi connectivity index (χ1n) is 12.4. The zero-order chi connectivity index (χ0) is 26.5. The molecule has 0 aliphatic carbocycles. The number of aromatic amines is 1. The Morgan fingerprint density at radius 2 is 1.74 bits per heavy atom. The van der Waals surface area contributed by atoms with Gasteiger partial charge in [-0.1, -0.05) is 18.2 Å². The highest BCUT2D eigenvalue weighted by Gasteiger charge is 2.27. The maximum atomic E-state index is 13.5. The van der Waals surface area contributed by atoms with Gasteiger partial charge >= 0.3 is 0 Å². The second kappa shape index (κ2) is 11.3. The van der Waals surface area contributed by atoms with Crippen LogP contribution in [0.1, 0.15) is 5.56 Å². The van der Waals surface area contributed by atoms with Crippen LogP contribution in [0, 0.1) is 0 Å². The van der Waals surface area contributed by atoms with Gasteiger partial charge in [0.05, 0.1) is 25.2 Å². The SMILES string of the molecule is COc1ccc(S(=O)(=O)N[C@@H](Cc2c[nH]c3ccccc23)C(=O)Nc2ccc(N3CCOCC3)cc2)cc1. The fraction of sp³-hybridized carbons (Fsp3) is 0.250. The molecular weight excluding hydrogens is 504 g/mol. The number of ether oxygens (including phenoxy) is 2. The van der Waals surface area contributed by atoms with Crippen molar-refractivity contribution in [3.8, 4) is 5.75 Å². The van der Waals surface area contributed by atoms with E-state index in [9.17, 15) is 13.2 Å². The van der Waals surface area contributed by atoms with Crippen molar-refractivity contribution in [1.82, 2.24) is 9.71 Å². The summed E-state index contributed by atoms with van der Waals surface area (Å²) in [6.45, 7) is 2.99. The number of morpholine rings is 1. The molecule has 3 aromatic carbocycles. The van der Waals surface area contributed by atoms with Gasteiger partial charge in [0.2, 0.25) is 15.9 Å². The molecule has 1 atom stereocenters. The fourth-order valence-electron chi connectivity index (χ4n) is 4.53. The molecule has 38 heavy (non-hydrogen) atoms. The molecule has 10 heteroatoms. The lowest BCUT2D eigenvalue weighted by Crippen LogP contribution is -2.45. The molecule has 1 aliphatic rings. The molecule has 0 spiro atoms. The minimum absolute atomic E-state index is 0.0462. The van der Waals surface area contributed by atoms with Crippen molar-refractivity contribution in [2.24, 2.45) is 0 Å². The first-order chi connectivity index (χ1) is 18.4. The second-order valence-corrected chi connectivity index (χ2v) is 10.8. The van der Waals surface area contributed by atoms with E-state index in [2.05, 4.69) is 19.9 Å². The quantitative estimate of drug-likeness (QED) is 0.303. The first-order valence-corrected chi connectivity index (χ1v) is 13.9. The number of rotatable bonds is 9. The Bertz CT molecular complexity index is 1490. The second-order valence-electron chi connectivity index (χ2n) is 9.05. The van der Waals surface area contributed by atoms with Crippen LogP contribution in [0.5, 0.6) is 5.75 Å². The van der Waals surface area contributed by atoms with Crippen LogP contribution in [0.15, 0.2) is 83.9 Å². The highest BCUT2D eigenvalue weighted by atomic mass is 32.2. The third kappa shape index (κ3) is 5.83. The van der Waals surface area contributed by atoms with Crippen molar-refractivity contribution in [3.05, 3.63) is 84.6 Å². The van der Waals surface area contributed by atoms with E-state index in [0.29, 0.717) is 24.7 Å². The number of para-hydroxylation sites is 1. The van der Waals surface area contributed by atoms with Crippen molar-refractivity contribution in [2.75, 3.05) is 43.6 Å². The third-order valence-electron chi connectivity index (χ3n) is 6.59. The number of hydrogen-bond acceptors (Lipinski definition) is 6. The van der Waals surface area contributed by atoms with Crippen LogP contribution >= 0.6 is 0 Å². The van der Waals surface area contributed by atoms with E-state index in [0.717, 1.165) is 35.2 Å². The van der Waals surface area contributed by atoms with Gasteiger partial charge in [-0.15, -0.1) is 0 Å². The van der Waals surface area contributed by atoms with E-state index in [1.807, 2.05) is 54.7 Å². The average molecular weight is 535 g/mol. The van der Waals surface area contributed by atoms with E-state index < -0.39 is 22.0 Å². The van der Waals surface area contributed by atoms with E-state index in [1.54, 1.807) is 12.1 Å². The highest BCUT2D eigenvalue weighted by molar-refractivity contribution is 7.89. The maximum absolute atomic E-state index is 13.5. The molecule has 4 aromatic rings. The molecule has 1 fully saturated rings. The largest absolute Gasteiger partial charge is 0.497 e. The van der Waals surface area contributed by atoms with Crippen LogP contribution in [0.25, 0.3) is 10.9 Å². The molecule has 0 saturated carbocycles. The van der Waals surface area contributed by atoms with Crippen LogP contribution in [0.3, 0.4) is 0 Å². The number of nitrogens with one attached hydrogen (secondary N) is 3. The fourth-order valence-corrected chi connectivity index (χ4v) is 5.72. The normalized spacial score (nSPS) is 14.8. The number of methoxy groups -OCH3 is 1. The van der Waals surface area contributed by atoms with Crippen LogP contribution in [-0.4, -0.2) is 58.8 Å². The van der Waals surface area contributed by atoms with Gasteiger partial charge in [0.25, 0.3) is 0 Å². The molecule has 198 valence electrons. The van der Waals surface area contributed by atoms with Crippen LogP contribution in [0.4, 0.5) is 11.4 Å². The monoisotopic (exact) mass is 534 g/mol. The summed E-state index contributed by atoms with van der Waals surface area (Å²) in [5.41, 5.74) is 3.38. The Hall–Kier alpha value is -3.86.